The summed E-state index contributed by atoms with van der Waals surface area (Å²) < 4.78 is 5.31. The van der Waals surface area contributed by atoms with Gasteiger partial charge in [0.2, 0.25) is 0 Å². The lowest BCUT2D eigenvalue weighted by atomic mass is 10.1. The summed E-state index contributed by atoms with van der Waals surface area (Å²) in [6.45, 7) is 6.49. The molecule has 0 bridgehead atoms. The van der Waals surface area contributed by atoms with Gasteiger partial charge >= 0.3 is 5.97 Å². The summed E-state index contributed by atoms with van der Waals surface area (Å²) in [5.41, 5.74) is 0.630. The van der Waals surface area contributed by atoms with Crippen LogP contribution in [0.4, 0.5) is 0 Å². The van der Waals surface area contributed by atoms with E-state index < -0.39 is 5.97 Å². The highest BCUT2D eigenvalue weighted by molar-refractivity contribution is 7.13. The van der Waals surface area contributed by atoms with Gasteiger partial charge in [0.05, 0.1) is 18.5 Å². The average Bonchev–Trinajstić information content (AvgIpc) is 2.95. The van der Waals surface area contributed by atoms with Gasteiger partial charge in [-0.3, -0.25) is 9.69 Å². The number of carbonyl (C=O) groups is 1. The number of hydrogen-bond acceptors (Lipinski definition) is 5. The second-order valence-electron chi connectivity index (χ2n) is 5.54. The van der Waals surface area contributed by atoms with Crippen molar-refractivity contribution in [3.63, 3.8) is 0 Å². The van der Waals surface area contributed by atoms with Crippen LogP contribution >= 0.6 is 11.3 Å². The van der Waals surface area contributed by atoms with Gasteiger partial charge in [-0.1, -0.05) is 0 Å². The molecule has 1 N–H and O–H groups in total. The van der Waals surface area contributed by atoms with Gasteiger partial charge in [0.1, 0.15) is 0 Å². The number of nitrogens with zero attached hydrogens (tertiary/aromatic N) is 2. The molecule has 108 valence electrons. The van der Waals surface area contributed by atoms with E-state index in [9.17, 15) is 4.79 Å². The van der Waals surface area contributed by atoms with Crippen LogP contribution in [-0.2, 0) is 11.3 Å². The largest absolute Gasteiger partial charge is 0.480 e. The van der Waals surface area contributed by atoms with E-state index in [0.717, 1.165) is 16.5 Å². The third kappa shape index (κ3) is 3.68. The average molecular weight is 294 g/mol. The highest BCUT2D eigenvalue weighted by Gasteiger charge is 2.24. The topological polar surface area (TPSA) is 66.6 Å². The number of carboxylic acid groups (broad SMARTS) is 1. The normalized spacial score (nSPS) is 12.0. The van der Waals surface area contributed by atoms with Crippen molar-refractivity contribution in [2.24, 2.45) is 0 Å². The number of aromatic nitrogens is 1. The van der Waals surface area contributed by atoms with E-state index in [1.165, 1.54) is 11.3 Å². The Balaban J connectivity index is 2.13. The number of furan rings is 1. The minimum Gasteiger partial charge on any atom is -0.480 e. The number of hydrogen-bond donors (Lipinski definition) is 1. The molecule has 0 aliphatic carbocycles. The maximum atomic E-state index is 11.0. The van der Waals surface area contributed by atoms with E-state index in [2.05, 4.69) is 4.98 Å². The molecule has 0 unspecified atom stereocenters. The Labute approximate surface area is 121 Å². The molecule has 0 spiro atoms. The fourth-order valence-electron chi connectivity index (χ4n) is 1.78. The molecule has 0 aliphatic heterocycles. The Morgan fingerprint density at radius 3 is 2.80 bits per heavy atom. The molecule has 0 saturated heterocycles. The minimum atomic E-state index is -0.832. The van der Waals surface area contributed by atoms with Crippen molar-refractivity contribution >= 4 is 17.3 Å². The molecular formula is C14H18N2O3S. The van der Waals surface area contributed by atoms with Crippen molar-refractivity contribution in [1.82, 2.24) is 9.88 Å². The molecule has 0 saturated carbocycles. The predicted molar refractivity (Wildman–Crippen MR) is 77.6 cm³/mol. The van der Waals surface area contributed by atoms with E-state index in [-0.39, 0.29) is 12.1 Å². The van der Waals surface area contributed by atoms with Crippen LogP contribution in [0.2, 0.25) is 0 Å². The Morgan fingerprint density at radius 2 is 2.25 bits per heavy atom. The Hall–Kier alpha value is -1.66. The summed E-state index contributed by atoms with van der Waals surface area (Å²) >= 11 is 1.50. The monoisotopic (exact) mass is 294 g/mol. The van der Waals surface area contributed by atoms with Crippen LogP contribution < -0.4 is 0 Å². The lowest BCUT2D eigenvalue weighted by Crippen LogP contribution is -2.43. The fraction of sp³-hybridized carbons (Fsp3) is 0.429. The molecule has 2 aromatic rings. The number of carboxylic acids is 1. The summed E-state index contributed by atoms with van der Waals surface area (Å²) in [5.74, 6) is -0.0943. The smallest absolute Gasteiger partial charge is 0.317 e. The van der Waals surface area contributed by atoms with Crippen molar-refractivity contribution in [3.8, 4) is 10.8 Å². The van der Waals surface area contributed by atoms with Crippen molar-refractivity contribution in [3.05, 3.63) is 29.5 Å². The number of aliphatic carboxylic acids is 1. The molecule has 0 atom stereocenters. The predicted octanol–water partition coefficient (Wildman–Crippen LogP) is 3.09. The van der Waals surface area contributed by atoms with Gasteiger partial charge in [0, 0.05) is 17.5 Å². The summed E-state index contributed by atoms with van der Waals surface area (Å²) in [6, 6.07) is 3.68. The first kappa shape index (κ1) is 14.7. The zero-order valence-electron chi connectivity index (χ0n) is 11.8. The third-order valence-electron chi connectivity index (χ3n) is 2.91. The summed E-state index contributed by atoms with van der Waals surface area (Å²) in [4.78, 5) is 17.4. The van der Waals surface area contributed by atoms with Gasteiger partial charge in [-0.15, -0.1) is 11.3 Å². The van der Waals surface area contributed by atoms with Crippen LogP contribution in [0.5, 0.6) is 0 Å². The molecule has 6 heteroatoms. The minimum absolute atomic E-state index is 0.00287. The molecular weight excluding hydrogens is 276 g/mol. The highest BCUT2D eigenvalue weighted by atomic mass is 32.1. The maximum Gasteiger partial charge on any atom is 0.317 e. The first-order valence-corrected chi connectivity index (χ1v) is 7.19. The number of thiazole rings is 1. The standard InChI is InChI=1S/C14H18N2O3S/c1-14(2,3)16(8-12(17)18)7-10-9-20-13(15-10)11-5-4-6-19-11/h4-6,9H,7-8H2,1-3H3,(H,17,18). The summed E-state index contributed by atoms with van der Waals surface area (Å²) in [7, 11) is 0. The van der Waals surface area contributed by atoms with Gasteiger partial charge < -0.3 is 9.52 Å². The van der Waals surface area contributed by atoms with Crippen LogP contribution in [0.15, 0.2) is 28.2 Å². The van der Waals surface area contributed by atoms with Crippen LogP contribution in [-0.4, -0.2) is 33.0 Å². The quantitative estimate of drug-likeness (QED) is 0.918. The van der Waals surface area contributed by atoms with Crippen LogP contribution in [0, 0.1) is 0 Å². The maximum absolute atomic E-state index is 11.0. The molecule has 20 heavy (non-hydrogen) atoms. The van der Waals surface area contributed by atoms with Crippen molar-refractivity contribution in [1.29, 1.82) is 0 Å². The summed E-state index contributed by atoms with van der Waals surface area (Å²) in [6.07, 6.45) is 1.61. The van der Waals surface area contributed by atoms with Crippen LogP contribution in [0.25, 0.3) is 10.8 Å². The first-order valence-electron chi connectivity index (χ1n) is 6.31. The molecule has 2 heterocycles. The van der Waals surface area contributed by atoms with Crippen LogP contribution in [0.3, 0.4) is 0 Å². The van der Waals surface area contributed by atoms with Crippen molar-refractivity contribution in [2.75, 3.05) is 6.54 Å². The Bertz CT molecular complexity index is 570. The van der Waals surface area contributed by atoms with E-state index in [0.29, 0.717) is 6.54 Å². The van der Waals surface area contributed by atoms with Gasteiger partial charge in [-0.05, 0) is 32.9 Å². The molecule has 2 aromatic heterocycles. The lowest BCUT2D eigenvalue weighted by molar-refractivity contribution is -0.139. The summed E-state index contributed by atoms with van der Waals surface area (Å²) in [5, 5.41) is 11.8. The Kier molecular flexibility index (Phi) is 4.25. The molecule has 5 nitrogen and oxygen atoms in total. The SMILES string of the molecule is CC(C)(C)N(CC(=O)O)Cc1csc(-c2ccco2)n1. The molecule has 2 rings (SSSR count). The van der Waals surface area contributed by atoms with Gasteiger partial charge in [0.25, 0.3) is 0 Å². The van der Waals surface area contributed by atoms with Crippen LogP contribution in [0.1, 0.15) is 26.5 Å². The van der Waals surface area contributed by atoms with Gasteiger partial charge in [-0.25, -0.2) is 4.98 Å². The van der Waals surface area contributed by atoms with E-state index in [4.69, 9.17) is 9.52 Å². The van der Waals surface area contributed by atoms with E-state index >= 15 is 0 Å². The highest BCUT2D eigenvalue weighted by Crippen LogP contribution is 2.25. The van der Waals surface area contributed by atoms with Gasteiger partial charge in [-0.2, -0.15) is 0 Å². The molecule has 0 fully saturated rings. The number of rotatable bonds is 5. The third-order valence-corrected chi connectivity index (χ3v) is 3.82. The second-order valence-corrected chi connectivity index (χ2v) is 6.40. The van der Waals surface area contributed by atoms with Gasteiger partial charge in [0.15, 0.2) is 10.8 Å². The fourth-order valence-corrected chi connectivity index (χ4v) is 2.56. The second kappa shape index (κ2) is 5.76. The molecule has 0 aliphatic rings. The first-order chi connectivity index (χ1) is 9.36. The molecule has 0 aromatic carbocycles. The van der Waals surface area contributed by atoms with Crippen molar-refractivity contribution in [2.45, 2.75) is 32.9 Å². The van der Waals surface area contributed by atoms with E-state index in [1.807, 2.05) is 43.2 Å². The van der Waals surface area contributed by atoms with Crippen molar-refractivity contribution < 1.29 is 14.3 Å². The zero-order valence-corrected chi connectivity index (χ0v) is 12.6. The molecule has 0 radical (unpaired) electrons. The molecule has 0 amide bonds. The zero-order chi connectivity index (χ0) is 14.8. The Morgan fingerprint density at radius 1 is 1.50 bits per heavy atom. The lowest BCUT2D eigenvalue weighted by Gasteiger charge is -2.33. The van der Waals surface area contributed by atoms with E-state index in [1.54, 1.807) is 6.26 Å².